The van der Waals surface area contributed by atoms with Crippen LogP contribution in [-0.2, 0) is 4.79 Å². The van der Waals surface area contributed by atoms with Gasteiger partial charge < -0.3 is 9.52 Å². The summed E-state index contributed by atoms with van der Waals surface area (Å²) in [5, 5.41) is 9.11. The number of carbonyl (C=O) groups excluding carboxylic acids is 2. The molecule has 6 nitrogen and oxygen atoms in total. The number of benzene rings is 1. The topological polar surface area (TPSA) is 87.8 Å². The third-order valence-electron chi connectivity index (χ3n) is 3.57. The van der Waals surface area contributed by atoms with Crippen LogP contribution in [0, 0.1) is 0 Å². The molecule has 2 aromatic rings. The average Bonchev–Trinajstić information content (AvgIpc) is 3.13. The lowest BCUT2D eigenvalue weighted by Crippen LogP contribution is -2.27. The molecule has 1 fully saturated rings. The van der Waals surface area contributed by atoms with Gasteiger partial charge in [-0.25, -0.2) is 4.79 Å². The molecule has 1 aliphatic heterocycles. The van der Waals surface area contributed by atoms with Gasteiger partial charge in [0.1, 0.15) is 11.5 Å². The van der Waals surface area contributed by atoms with Crippen LogP contribution in [0.1, 0.15) is 23.0 Å². The van der Waals surface area contributed by atoms with Gasteiger partial charge in [0.25, 0.3) is 11.1 Å². The third-order valence-corrected chi connectivity index (χ3v) is 4.81. The van der Waals surface area contributed by atoms with E-state index in [9.17, 15) is 14.4 Å². The van der Waals surface area contributed by atoms with Gasteiger partial charge in [-0.1, -0.05) is 11.6 Å². The van der Waals surface area contributed by atoms with Crippen LogP contribution in [0.2, 0.25) is 5.02 Å². The van der Waals surface area contributed by atoms with Gasteiger partial charge >= 0.3 is 5.97 Å². The van der Waals surface area contributed by atoms with Crippen molar-refractivity contribution in [3.05, 3.63) is 51.6 Å². The molecule has 3 rings (SSSR count). The summed E-state index contributed by atoms with van der Waals surface area (Å²) in [5.41, 5.74) is 0.518. The number of thioether (sulfide) groups is 1. The number of hydrogen-bond donors (Lipinski definition) is 1. The highest BCUT2D eigenvalue weighted by Gasteiger charge is 2.33. The Morgan fingerprint density at radius 2 is 2.08 bits per heavy atom. The number of halogens is 1. The predicted molar refractivity (Wildman–Crippen MR) is 94.5 cm³/mol. The van der Waals surface area contributed by atoms with Crippen LogP contribution in [-0.4, -0.2) is 33.7 Å². The number of rotatable bonds is 4. The van der Waals surface area contributed by atoms with E-state index < -0.39 is 5.97 Å². The van der Waals surface area contributed by atoms with Crippen LogP contribution in [0.3, 0.4) is 0 Å². The number of hydrogen-bond acceptors (Lipinski definition) is 5. The zero-order valence-corrected chi connectivity index (χ0v) is 14.6. The zero-order chi connectivity index (χ0) is 18.1. The second kappa shape index (κ2) is 6.78. The van der Waals surface area contributed by atoms with Gasteiger partial charge in [0, 0.05) is 18.2 Å². The summed E-state index contributed by atoms with van der Waals surface area (Å²) in [6.45, 7) is 2.03. The van der Waals surface area contributed by atoms with E-state index in [1.165, 1.54) is 24.3 Å². The first-order valence-corrected chi connectivity index (χ1v) is 8.48. The Hall–Kier alpha value is -2.51. The van der Waals surface area contributed by atoms with Crippen molar-refractivity contribution >= 4 is 46.6 Å². The molecule has 2 heterocycles. The van der Waals surface area contributed by atoms with E-state index in [-0.39, 0.29) is 21.6 Å². The second-order valence-corrected chi connectivity index (χ2v) is 6.53. The Morgan fingerprint density at radius 3 is 2.72 bits per heavy atom. The Balaban J connectivity index is 1.93. The summed E-state index contributed by atoms with van der Waals surface area (Å²) in [6, 6.07) is 7.55. The zero-order valence-electron chi connectivity index (χ0n) is 13.0. The number of nitrogens with zero attached hydrogens (tertiary/aromatic N) is 1. The van der Waals surface area contributed by atoms with Gasteiger partial charge in [-0.3, -0.25) is 14.5 Å². The molecular weight excluding hydrogens is 366 g/mol. The largest absolute Gasteiger partial charge is 0.478 e. The van der Waals surface area contributed by atoms with Crippen molar-refractivity contribution in [1.82, 2.24) is 4.90 Å². The van der Waals surface area contributed by atoms with E-state index in [0.717, 1.165) is 16.7 Å². The molecule has 0 spiro atoms. The summed E-state index contributed by atoms with van der Waals surface area (Å²) in [6.07, 6.45) is 1.49. The Kier molecular flexibility index (Phi) is 4.69. The van der Waals surface area contributed by atoms with Crippen LogP contribution < -0.4 is 0 Å². The normalized spacial score (nSPS) is 16.1. The smallest absolute Gasteiger partial charge is 0.335 e. The molecule has 1 aromatic heterocycles. The van der Waals surface area contributed by atoms with Crippen molar-refractivity contribution in [1.29, 1.82) is 0 Å². The fourth-order valence-electron chi connectivity index (χ4n) is 2.32. The van der Waals surface area contributed by atoms with Crippen LogP contribution in [0.25, 0.3) is 17.4 Å². The van der Waals surface area contributed by atoms with E-state index in [4.69, 9.17) is 21.1 Å². The van der Waals surface area contributed by atoms with Crippen molar-refractivity contribution in [2.75, 3.05) is 6.54 Å². The molecule has 0 radical (unpaired) electrons. The molecule has 0 saturated carbocycles. The van der Waals surface area contributed by atoms with Gasteiger partial charge in [-0.15, -0.1) is 0 Å². The average molecular weight is 378 g/mol. The van der Waals surface area contributed by atoms with Crippen molar-refractivity contribution in [2.24, 2.45) is 0 Å². The molecule has 0 bridgehead atoms. The summed E-state index contributed by atoms with van der Waals surface area (Å²) in [7, 11) is 0. The van der Waals surface area contributed by atoms with Gasteiger partial charge in [-0.05, 0) is 49.0 Å². The van der Waals surface area contributed by atoms with Crippen molar-refractivity contribution in [3.63, 3.8) is 0 Å². The lowest BCUT2D eigenvalue weighted by Gasteiger charge is -2.06. The Labute approximate surface area is 152 Å². The quantitative estimate of drug-likeness (QED) is 0.797. The fourth-order valence-corrected chi connectivity index (χ4v) is 3.42. The molecule has 128 valence electrons. The maximum atomic E-state index is 12.1. The number of carboxylic acid groups (broad SMARTS) is 1. The molecule has 0 aliphatic carbocycles. The molecular formula is C17H12ClNO5S. The van der Waals surface area contributed by atoms with E-state index >= 15 is 0 Å². The molecule has 1 saturated heterocycles. The number of likely N-dealkylation sites (N-methyl/N-ethyl adjacent to an activating group) is 1. The molecule has 0 unspecified atom stereocenters. The van der Waals surface area contributed by atoms with E-state index in [1.54, 1.807) is 19.1 Å². The molecule has 25 heavy (non-hydrogen) atoms. The standard InChI is InChI=1S/C17H12ClNO5S/c1-2-19-15(20)14(25-17(19)23)8-10-4-6-13(24-10)11-7-9(16(21)22)3-5-12(11)18/h3-8H,2H2,1H3,(H,21,22). The SMILES string of the molecule is CCN1C(=O)SC(=Cc2ccc(-c3cc(C(=O)O)ccc3Cl)o2)C1=O. The van der Waals surface area contributed by atoms with E-state index in [0.29, 0.717) is 28.7 Å². The third kappa shape index (κ3) is 3.33. The minimum absolute atomic E-state index is 0.0846. The maximum absolute atomic E-state index is 12.1. The Bertz CT molecular complexity index is 918. The first-order valence-electron chi connectivity index (χ1n) is 7.29. The number of imide groups is 1. The minimum Gasteiger partial charge on any atom is -0.478 e. The van der Waals surface area contributed by atoms with Crippen LogP contribution >= 0.6 is 23.4 Å². The van der Waals surface area contributed by atoms with Crippen LogP contribution in [0.15, 0.2) is 39.7 Å². The van der Waals surface area contributed by atoms with Gasteiger partial charge in [0.2, 0.25) is 0 Å². The molecule has 1 aliphatic rings. The molecule has 0 atom stereocenters. The minimum atomic E-state index is -1.07. The van der Waals surface area contributed by atoms with Crippen molar-refractivity contribution in [2.45, 2.75) is 6.92 Å². The van der Waals surface area contributed by atoms with Crippen LogP contribution in [0.5, 0.6) is 0 Å². The summed E-state index contributed by atoms with van der Waals surface area (Å²) in [5.74, 6) is -0.693. The van der Waals surface area contributed by atoms with Crippen molar-refractivity contribution in [3.8, 4) is 11.3 Å². The molecule has 2 amide bonds. The first kappa shape index (κ1) is 17.3. The molecule has 1 aromatic carbocycles. The van der Waals surface area contributed by atoms with E-state index in [2.05, 4.69) is 0 Å². The predicted octanol–water partition coefficient (Wildman–Crippen LogP) is 4.35. The molecule has 1 N–H and O–H groups in total. The summed E-state index contributed by atoms with van der Waals surface area (Å²) < 4.78 is 5.65. The van der Waals surface area contributed by atoms with Gasteiger partial charge in [0.15, 0.2) is 0 Å². The fraction of sp³-hybridized carbons (Fsp3) is 0.118. The number of amides is 2. The lowest BCUT2D eigenvalue weighted by molar-refractivity contribution is -0.122. The number of carbonyl (C=O) groups is 3. The highest BCUT2D eigenvalue weighted by molar-refractivity contribution is 8.18. The number of furan rings is 1. The van der Waals surface area contributed by atoms with Crippen LogP contribution in [0.4, 0.5) is 4.79 Å². The molecule has 8 heteroatoms. The van der Waals surface area contributed by atoms with Gasteiger partial charge in [-0.2, -0.15) is 0 Å². The van der Waals surface area contributed by atoms with E-state index in [1.807, 2.05) is 0 Å². The monoisotopic (exact) mass is 377 g/mol. The maximum Gasteiger partial charge on any atom is 0.335 e. The first-order chi connectivity index (χ1) is 11.9. The highest BCUT2D eigenvalue weighted by Crippen LogP contribution is 2.34. The second-order valence-electron chi connectivity index (χ2n) is 5.13. The Morgan fingerprint density at radius 1 is 1.32 bits per heavy atom. The highest BCUT2D eigenvalue weighted by atomic mass is 35.5. The number of carboxylic acids is 1. The number of aromatic carboxylic acids is 1. The lowest BCUT2D eigenvalue weighted by atomic mass is 10.1. The van der Waals surface area contributed by atoms with Gasteiger partial charge in [0.05, 0.1) is 15.5 Å². The summed E-state index contributed by atoms with van der Waals surface area (Å²) >= 11 is 6.97. The van der Waals surface area contributed by atoms with Crippen molar-refractivity contribution < 1.29 is 23.9 Å². The summed E-state index contributed by atoms with van der Waals surface area (Å²) in [4.78, 5) is 36.3.